The van der Waals surface area contributed by atoms with Crippen LogP contribution in [0.5, 0.6) is 0 Å². The average molecular weight is 706 g/mol. The highest BCUT2D eigenvalue weighted by atomic mass is 79.9. The quantitative estimate of drug-likeness (QED) is 0.0866. The summed E-state index contributed by atoms with van der Waals surface area (Å²) in [5, 5.41) is 1.44. The summed E-state index contributed by atoms with van der Waals surface area (Å²) >= 11 is 16.0. The van der Waals surface area contributed by atoms with Gasteiger partial charge >= 0.3 is 5.97 Å². The van der Waals surface area contributed by atoms with Crippen LogP contribution in [0.15, 0.2) is 77.3 Å². The van der Waals surface area contributed by atoms with E-state index in [2.05, 4.69) is 15.9 Å². The van der Waals surface area contributed by atoms with Crippen molar-refractivity contribution in [3.8, 4) is 11.3 Å². The lowest BCUT2D eigenvalue weighted by Gasteiger charge is -2.22. The lowest BCUT2D eigenvalue weighted by molar-refractivity contribution is -0.122. The number of benzene rings is 3. The summed E-state index contributed by atoms with van der Waals surface area (Å²) in [7, 11) is 0. The Morgan fingerprint density at radius 1 is 1.02 bits per heavy atom. The molecule has 7 nitrogen and oxygen atoms in total. The second-order valence-electron chi connectivity index (χ2n) is 11.4. The third-order valence-corrected chi connectivity index (χ3v) is 10.1. The number of allylic oxidation sites excluding steroid dienone is 2. The molecule has 10 heteroatoms. The monoisotopic (exact) mass is 704 g/mol. The Morgan fingerprint density at radius 2 is 1.71 bits per heavy atom. The van der Waals surface area contributed by atoms with E-state index in [9.17, 15) is 19.2 Å². The fourth-order valence-corrected chi connectivity index (χ4v) is 6.88. The van der Waals surface area contributed by atoms with Gasteiger partial charge in [-0.15, -0.1) is 0 Å². The number of halogens is 3. The summed E-state index contributed by atoms with van der Waals surface area (Å²) in [6.07, 6.45) is 3.45. The lowest BCUT2D eigenvalue weighted by atomic mass is 9.78. The van der Waals surface area contributed by atoms with Gasteiger partial charge in [0.15, 0.2) is 6.10 Å². The van der Waals surface area contributed by atoms with E-state index in [-0.39, 0.29) is 40.9 Å². The molecule has 1 aromatic heterocycles. The zero-order valence-corrected chi connectivity index (χ0v) is 27.6. The molecule has 3 aromatic carbocycles. The van der Waals surface area contributed by atoms with Gasteiger partial charge in [-0.3, -0.25) is 19.3 Å². The van der Waals surface area contributed by atoms with Crippen molar-refractivity contribution < 1.29 is 23.9 Å². The summed E-state index contributed by atoms with van der Waals surface area (Å²) in [5.74, 6) is -2.19. The van der Waals surface area contributed by atoms with E-state index in [1.807, 2.05) is 19.1 Å². The Morgan fingerprint density at radius 3 is 2.38 bits per heavy atom. The highest BCUT2D eigenvalue weighted by Gasteiger charge is 2.50. The van der Waals surface area contributed by atoms with E-state index in [1.165, 1.54) is 11.8 Å². The first kappa shape index (κ1) is 31.1. The van der Waals surface area contributed by atoms with Crippen molar-refractivity contribution in [2.45, 2.75) is 33.3 Å². The largest absolute Gasteiger partial charge is 0.451 e. The van der Waals surface area contributed by atoms with Crippen molar-refractivity contribution in [2.75, 3.05) is 4.90 Å². The molecule has 0 bridgehead atoms. The van der Waals surface area contributed by atoms with Crippen LogP contribution in [0.2, 0.25) is 10.0 Å². The van der Waals surface area contributed by atoms with Crippen LogP contribution in [0, 0.1) is 24.7 Å². The smallest absolute Gasteiger partial charge is 0.339 e. The minimum absolute atomic E-state index is 0.0104. The van der Waals surface area contributed by atoms with Gasteiger partial charge in [0.1, 0.15) is 0 Å². The first-order valence-electron chi connectivity index (χ1n) is 14.4. The van der Waals surface area contributed by atoms with Crippen molar-refractivity contribution >= 4 is 79.3 Å². The molecule has 45 heavy (non-hydrogen) atoms. The summed E-state index contributed by atoms with van der Waals surface area (Å²) in [6.45, 7) is 5.28. The molecule has 0 radical (unpaired) electrons. The minimum Gasteiger partial charge on any atom is -0.451 e. The molecule has 4 unspecified atom stereocenters. The summed E-state index contributed by atoms with van der Waals surface area (Å²) in [4.78, 5) is 59.3. The Kier molecular flexibility index (Phi) is 8.41. The number of imide groups is 1. The highest BCUT2D eigenvalue weighted by Crippen LogP contribution is 2.41. The molecule has 4 atom stereocenters. The number of hydrogen-bond donors (Lipinski definition) is 0. The van der Waals surface area contributed by atoms with E-state index in [1.54, 1.807) is 67.6 Å². The molecule has 1 aliphatic carbocycles. The fourth-order valence-electron chi connectivity index (χ4n) is 6.09. The molecule has 1 saturated heterocycles. The van der Waals surface area contributed by atoms with Crippen LogP contribution >= 0.6 is 39.1 Å². The highest BCUT2D eigenvalue weighted by molar-refractivity contribution is 9.10. The van der Waals surface area contributed by atoms with E-state index in [0.29, 0.717) is 59.9 Å². The maximum atomic E-state index is 13.6. The average Bonchev–Trinajstić information content (AvgIpc) is 3.29. The summed E-state index contributed by atoms with van der Waals surface area (Å²) in [6, 6.07) is 16.6. The van der Waals surface area contributed by atoms with Gasteiger partial charge in [0.2, 0.25) is 17.6 Å². The van der Waals surface area contributed by atoms with Gasteiger partial charge in [-0.05, 0) is 96.2 Å². The van der Waals surface area contributed by atoms with Crippen molar-refractivity contribution in [1.82, 2.24) is 4.98 Å². The van der Waals surface area contributed by atoms with Gasteiger partial charge in [-0.1, -0.05) is 54.4 Å². The zero-order chi connectivity index (χ0) is 32.2. The Balaban J connectivity index is 1.35. The van der Waals surface area contributed by atoms with Gasteiger partial charge < -0.3 is 4.74 Å². The van der Waals surface area contributed by atoms with E-state index in [0.717, 1.165) is 0 Å². The third kappa shape index (κ3) is 5.60. The second-order valence-corrected chi connectivity index (χ2v) is 13.1. The molecule has 0 N–H and O–H groups in total. The molecule has 6 rings (SSSR count). The van der Waals surface area contributed by atoms with Gasteiger partial charge in [-0.25, -0.2) is 9.78 Å². The predicted octanol–water partition coefficient (Wildman–Crippen LogP) is 8.41. The minimum atomic E-state index is -1.07. The fraction of sp³-hybridized carbons (Fsp3) is 0.229. The molecule has 2 aliphatic rings. The van der Waals surface area contributed by atoms with Crippen LogP contribution in [-0.2, 0) is 14.3 Å². The molecular weight excluding hydrogens is 679 g/mol. The Bertz CT molecular complexity index is 1920. The van der Waals surface area contributed by atoms with Gasteiger partial charge in [0, 0.05) is 26.0 Å². The van der Waals surface area contributed by atoms with Crippen LogP contribution in [0.25, 0.3) is 22.2 Å². The second kappa shape index (κ2) is 12.2. The molecule has 4 aromatic rings. The first-order valence-corrected chi connectivity index (χ1v) is 16.0. The predicted molar refractivity (Wildman–Crippen MR) is 178 cm³/mol. The van der Waals surface area contributed by atoms with Crippen LogP contribution in [-0.4, -0.2) is 34.7 Å². The standard InChI is InChI=1S/C35H27BrCl2N2O5/c1-17-5-4-6-24-29(17)34(43)40(33(24)42)23-13-9-20(10-14-23)28-16-26(25-15-27(36)30(38)18(2)31(25)39-28)35(44)45-19(3)32(41)21-7-11-22(37)12-8-21/h4-5,7-17,19,24,29H,6H2,1-3H3. The number of Topliss-reactive ketones (excluding diaryl/α,β-unsaturated/α-hetero) is 1. The van der Waals surface area contributed by atoms with Gasteiger partial charge in [0.05, 0.1) is 39.3 Å². The zero-order valence-electron chi connectivity index (χ0n) is 24.5. The van der Waals surface area contributed by atoms with Crippen molar-refractivity contribution in [3.05, 3.63) is 104 Å². The lowest BCUT2D eigenvalue weighted by Crippen LogP contribution is -2.31. The number of hydrogen-bond acceptors (Lipinski definition) is 6. The SMILES string of the molecule is Cc1c(Cl)c(Br)cc2c(C(=O)OC(C)C(=O)c3ccc(Cl)cc3)cc(-c3ccc(N4C(=O)C5CC=CC(C)C5C4=O)cc3)nc12. The van der Waals surface area contributed by atoms with Crippen LogP contribution in [0.3, 0.4) is 0 Å². The third-order valence-electron chi connectivity index (χ3n) is 8.52. The molecule has 2 amide bonds. The van der Waals surface area contributed by atoms with Crippen LogP contribution < -0.4 is 4.90 Å². The number of ether oxygens (including phenoxy) is 1. The number of esters is 1. The van der Waals surface area contributed by atoms with E-state index in [4.69, 9.17) is 32.9 Å². The van der Waals surface area contributed by atoms with E-state index >= 15 is 0 Å². The number of anilines is 1. The molecular formula is C35H27BrCl2N2O5. The van der Waals surface area contributed by atoms with Gasteiger partial charge in [0.25, 0.3) is 0 Å². The number of aryl methyl sites for hydroxylation is 1. The maximum Gasteiger partial charge on any atom is 0.339 e. The number of aromatic nitrogens is 1. The number of amides is 2. The van der Waals surface area contributed by atoms with Crippen molar-refractivity contribution in [1.29, 1.82) is 0 Å². The molecule has 0 spiro atoms. The first-order chi connectivity index (χ1) is 21.5. The van der Waals surface area contributed by atoms with Gasteiger partial charge in [-0.2, -0.15) is 0 Å². The Labute approximate surface area is 278 Å². The van der Waals surface area contributed by atoms with Crippen LogP contribution in [0.1, 0.15) is 46.5 Å². The number of nitrogens with zero attached hydrogens (tertiary/aromatic N) is 2. The number of ketones is 1. The topological polar surface area (TPSA) is 93.6 Å². The number of carbonyl (C=O) groups is 4. The van der Waals surface area contributed by atoms with Crippen molar-refractivity contribution in [3.63, 3.8) is 0 Å². The maximum absolute atomic E-state index is 13.6. The van der Waals surface area contributed by atoms with Crippen molar-refractivity contribution in [2.24, 2.45) is 17.8 Å². The summed E-state index contributed by atoms with van der Waals surface area (Å²) < 4.78 is 6.25. The van der Waals surface area contributed by atoms with E-state index < -0.39 is 12.1 Å². The number of fused-ring (bicyclic) bond motifs is 2. The molecule has 228 valence electrons. The normalized spacial score (nSPS) is 20.0. The number of rotatable bonds is 6. The summed E-state index contributed by atoms with van der Waals surface area (Å²) in [5.41, 5.74) is 3.28. The molecule has 1 aliphatic heterocycles. The number of pyridine rings is 1. The van der Waals surface area contributed by atoms with Crippen LogP contribution in [0.4, 0.5) is 5.69 Å². The molecule has 0 saturated carbocycles. The molecule has 2 heterocycles. The Hall–Kier alpha value is -3.85. The molecule has 1 fully saturated rings. The number of carbonyl (C=O) groups excluding carboxylic acids is 4.